The van der Waals surface area contributed by atoms with Crippen LogP contribution in [0.2, 0.25) is 0 Å². The number of hydrogen-bond acceptors (Lipinski definition) is 6. The first-order valence-electron chi connectivity index (χ1n) is 9.45. The van der Waals surface area contributed by atoms with Crippen LogP contribution in [0.4, 0.5) is 4.79 Å². The summed E-state index contributed by atoms with van der Waals surface area (Å²) in [4.78, 5) is 33.8. The molecule has 0 aliphatic heterocycles. The van der Waals surface area contributed by atoms with Crippen LogP contribution in [0.25, 0.3) is 0 Å². The van der Waals surface area contributed by atoms with Crippen molar-refractivity contribution in [2.45, 2.75) is 31.1 Å². The van der Waals surface area contributed by atoms with Crippen molar-refractivity contribution in [3.05, 3.63) is 77.9 Å². The summed E-state index contributed by atoms with van der Waals surface area (Å²) < 4.78 is 10.9. The minimum atomic E-state index is -0.573. The Balaban J connectivity index is 1.67. The van der Waals surface area contributed by atoms with E-state index >= 15 is 0 Å². The van der Waals surface area contributed by atoms with Crippen LogP contribution in [-0.2, 0) is 27.4 Å². The number of aldehydes is 1. The van der Waals surface area contributed by atoms with Crippen molar-refractivity contribution in [3.8, 4) is 5.75 Å². The van der Waals surface area contributed by atoms with Crippen molar-refractivity contribution in [3.63, 3.8) is 0 Å². The van der Waals surface area contributed by atoms with Crippen LogP contribution >= 0.6 is 11.8 Å². The van der Waals surface area contributed by atoms with Crippen molar-refractivity contribution in [2.75, 3.05) is 6.61 Å². The van der Waals surface area contributed by atoms with Gasteiger partial charge < -0.3 is 20.0 Å². The second-order valence-corrected chi connectivity index (χ2v) is 7.87. The van der Waals surface area contributed by atoms with Gasteiger partial charge in [-0.3, -0.25) is 9.59 Å². The topological polar surface area (TPSA) is 95.7 Å². The van der Waals surface area contributed by atoms with Gasteiger partial charge in [0, 0.05) is 6.42 Å². The summed E-state index contributed by atoms with van der Waals surface area (Å²) in [6.45, 7) is 4.54. The zero-order valence-corrected chi connectivity index (χ0v) is 17.4. The first-order chi connectivity index (χ1) is 14.5. The summed E-state index contributed by atoms with van der Waals surface area (Å²) in [7, 11) is 0. The number of hydrogen-bond donors (Lipinski definition) is 1. The van der Waals surface area contributed by atoms with Gasteiger partial charge in [0.05, 0.1) is 18.3 Å². The van der Waals surface area contributed by atoms with Crippen molar-refractivity contribution in [1.82, 2.24) is 0 Å². The molecule has 0 radical (unpaired) electrons. The van der Waals surface area contributed by atoms with Gasteiger partial charge in [-0.2, -0.15) is 0 Å². The van der Waals surface area contributed by atoms with E-state index in [1.165, 1.54) is 0 Å². The van der Waals surface area contributed by atoms with Crippen LogP contribution in [0.15, 0.2) is 66.7 Å². The third-order valence-electron chi connectivity index (χ3n) is 4.14. The molecule has 158 valence electrons. The van der Waals surface area contributed by atoms with Gasteiger partial charge >= 0.3 is 5.97 Å². The molecule has 2 N–H and O–H groups in total. The molecular formula is C23H25NO5S. The highest BCUT2D eigenvalue weighted by molar-refractivity contribution is 8.14. The quantitative estimate of drug-likeness (QED) is 0.312. The van der Waals surface area contributed by atoms with Crippen LogP contribution < -0.4 is 10.5 Å². The summed E-state index contributed by atoms with van der Waals surface area (Å²) >= 11 is 0.815. The normalized spacial score (nSPS) is 11.3. The number of rotatable bonds is 12. The molecule has 0 bridgehead atoms. The second kappa shape index (κ2) is 12.5. The number of primary amides is 1. The lowest BCUT2D eigenvalue weighted by atomic mass is 10.1. The minimum Gasteiger partial charge on any atom is -0.493 e. The maximum atomic E-state index is 11.9. The maximum absolute atomic E-state index is 11.9. The van der Waals surface area contributed by atoms with E-state index in [-0.39, 0.29) is 19.0 Å². The lowest BCUT2D eigenvalue weighted by Crippen LogP contribution is -2.15. The van der Waals surface area contributed by atoms with E-state index in [0.717, 1.165) is 34.7 Å². The molecule has 0 aromatic heterocycles. The van der Waals surface area contributed by atoms with Crippen molar-refractivity contribution in [2.24, 2.45) is 5.73 Å². The van der Waals surface area contributed by atoms with Gasteiger partial charge in [-0.1, -0.05) is 66.4 Å². The zero-order valence-electron chi connectivity index (χ0n) is 16.6. The first kappa shape index (κ1) is 23.2. The van der Waals surface area contributed by atoms with E-state index in [1.807, 2.05) is 42.5 Å². The largest absolute Gasteiger partial charge is 0.493 e. The van der Waals surface area contributed by atoms with Crippen LogP contribution in [0.5, 0.6) is 5.75 Å². The Morgan fingerprint density at radius 2 is 1.77 bits per heavy atom. The molecule has 2 rings (SSSR count). The molecule has 0 saturated carbocycles. The highest BCUT2D eigenvalue weighted by Gasteiger charge is 2.12. The molecule has 30 heavy (non-hydrogen) atoms. The Morgan fingerprint density at radius 3 is 2.40 bits per heavy atom. The number of carbonyl (C=O) groups excluding carboxylic acids is 3. The molecule has 7 heteroatoms. The number of amides is 1. The highest BCUT2D eigenvalue weighted by Crippen LogP contribution is 2.18. The van der Waals surface area contributed by atoms with Crippen LogP contribution in [0.3, 0.4) is 0 Å². The van der Waals surface area contributed by atoms with Crippen molar-refractivity contribution in [1.29, 1.82) is 0 Å². The van der Waals surface area contributed by atoms with Crippen LogP contribution in [0.1, 0.15) is 24.0 Å². The molecule has 0 saturated heterocycles. The molecule has 2 aromatic carbocycles. The van der Waals surface area contributed by atoms with Crippen molar-refractivity contribution < 1.29 is 23.9 Å². The molecule has 6 nitrogen and oxygen atoms in total. The Labute approximate surface area is 180 Å². The van der Waals surface area contributed by atoms with Gasteiger partial charge in [0.1, 0.15) is 18.6 Å². The average Bonchev–Trinajstić information content (AvgIpc) is 2.73. The molecule has 0 heterocycles. The van der Waals surface area contributed by atoms with E-state index in [9.17, 15) is 14.4 Å². The van der Waals surface area contributed by atoms with E-state index in [4.69, 9.17) is 15.2 Å². The van der Waals surface area contributed by atoms with E-state index < -0.39 is 10.5 Å². The van der Waals surface area contributed by atoms with E-state index in [1.54, 1.807) is 12.1 Å². The maximum Gasteiger partial charge on any atom is 0.310 e. The fraction of sp³-hybridized carbons (Fsp3) is 0.261. The molecule has 1 amide bonds. The molecule has 0 spiro atoms. The Bertz CT molecular complexity index is 852. The lowest BCUT2D eigenvalue weighted by Gasteiger charge is -2.10. The van der Waals surface area contributed by atoms with Gasteiger partial charge in [0.25, 0.3) is 5.24 Å². The third-order valence-corrected chi connectivity index (χ3v) is 4.95. The number of thioether (sulfide) groups is 1. The summed E-state index contributed by atoms with van der Waals surface area (Å²) in [5.74, 6) is 0.357. The number of carbonyl (C=O) groups is 3. The Kier molecular flexibility index (Phi) is 9.67. The Hall–Kier alpha value is -3.06. The number of ether oxygens (including phenoxy) is 2. The standard InChI is InChI=1S/C23H25NO5S/c1-17(13-22(26)29-16-19-5-3-2-4-6-19)11-12-28-20-9-7-18(8-10-20)14-21(15-25)30-23(24)27/h2-10,15,21H,1,11-14,16H2,(H2,24,27). The molecule has 0 aliphatic carbocycles. The summed E-state index contributed by atoms with van der Waals surface area (Å²) in [6.07, 6.45) is 1.82. The first-order valence-corrected chi connectivity index (χ1v) is 10.3. The van der Waals surface area contributed by atoms with Crippen LogP contribution in [0, 0.1) is 0 Å². The molecular weight excluding hydrogens is 402 g/mol. The molecule has 0 aliphatic rings. The predicted octanol–water partition coefficient (Wildman–Crippen LogP) is 4.07. The van der Waals surface area contributed by atoms with Gasteiger partial charge in [0.15, 0.2) is 0 Å². The lowest BCUT2D eigenvalue weighted by molar-refractivity contribution is -0.144. The fourth-order valence-corrected chi connectivity index (χ4v) is 3.25. The number of benzene rings is 2. The molecule has 1 atom stereocenters. The average molecular weight is 428 g/mol. The third kappa shape index (κ3) is 8.96. The SMILES string of the molecule is C=C(CCOc1ccc(CC(C=O)SC(N)=O)cc1)CC(=O)OCc1ccccc1. The molecule has 0 fully saturated rings. The predicted molar refractivity (Wildman–Crippen MR) is 117 cm³/mol. The Morgan fingerprint density at radius 1 is 1.07 bits per heavy atom. The minimum absolute atomic E-state index is 0.153. The summed E-state index contributed by atoms with van der Waals surface area (Å²) in [5, 5.41) is -1.07. The second-order valence-electron chi connectivity index (χ2n) is 6.63. The summed E-state index contributed by atoms with van der Waals surface area (Å²) in [6, 6.07) is 16.8. The zero-order chi connectivity index (χ0) is 21.8. The van der Waals surface area contributed by atoms with Crippen LogP contribution in [-0.4, -0.2) is 29.4 Å². The van der Waals surface area contributed by atoms with Gasteiger partial charge in [-0.05, 0) is 29.7 Å². The fourth-order valence-electron chi connectivity index (χ4n) is 2.62. The smallest absolute Gasteiger partial charge is 0.310 e. The van der Waals surface area contributed by atoms with Crippen molar-refractivity contribution >= 4 is 29.3 Å². The summed E-state index contributed by atoms with van der Waals surface area (Å²) in [5.41, 5.74) is 7.69. The van der Waals surface area contributed by atoms with Gasteiger partial charge in [-0.25, -0.2) is 0 Å². The molecule has 2 aromatic rings. The van der Waals surface area contributed by atoms with Gasteiger partial charge in [-0.15, -0.1) is 0 Å². The molecule has 1 unspecified atom stereocenters. The van der Waals surface area contributed by atoms with E-state index in [0.29, 0.717) is 25.2 Å². The highest BCUT2D eigenvalue weighted by atomic mass is 32.2. The van der Waals surface area contributed by atoms with Gasteiger partial charge in [0.2, 0.25) is 0 Å². The number of esters is 1. The van der Waals surface area contributed by atoms with E-state index in [2.05, 4.69) is 6.58 Å². The number of nitrogens with two attached hydrogens (primary N) is 1. The monoisotopic (exact) mass is 427 g/mol.